The number of hydrogen-bond donors (Lipinski definition) is 2. The van der Waals surface area contributed by atoms with Gasteiger partial charge < -0.3 is 10.8 Å². The average Bonchev–Trinajstić information content (AvgIpc) is 1.83. The Balaban J connectivity index is 0.00000144. The van der Waals surface area contributed by atoms with Crippen LogP contribution in [0.2, 0.25) is 0 Å². The first-order chi connectivity index (χ1) is 5.41. The van der Waals surface area contributed by atoms with E-state index >= 15 is 0 Å². The Morgan fingerprint density at radius 2 is 1.92 bits per heavy atom. The van der Waals surface area contributed by atoms with E-state index < -0.39 is 20.8 Å². The van der Waals surface area contributed by atoms with Crippen LogP contribution in [0, 0.1) is 0 Å². The SMILES string of the molecule is Nc1cc([O-])ccc1S(=O)(=O)O.[Li+]. The predicted molar refractivity (Wildman–Crippen MR) is 40.1 cm³/mol. The maximum Gasteiger partial charge on any atom is 1.00 e. The van der Waals surface area contributed by atoms with Crippen molar-refractivity contribution >= 4 is 15.8 Å². The molecule has 0 unspecified atom stereocenters. The monoisotopic (exact) mass is 195 g/mol. The van der Waals surface area contributed by atoms with Crippen molar-refractivity contribution < 1.29 is 36.9 Å². The summed E-state index contributed by atoms with van der Waals surface area (Å²) in [6, 6.07) is 2.91. The normalized spacial score (nSPS) is 10.5. The molecule has 0 aliphatic carbocycles. The average molecular weight is 195 g/mol. The molecule has 3 N–H and O–H groups in total. The molecule has 0 aliphatic heterocycles. The van der Waals surface area contributed by atoms with Crippen molar-refractivity contribution in [2.45, 2.75) is 4.90 Å². The van der Waals surface area contributed by atoms with Crippen LogP contribution in [-0.4, -0.2) is 13.0 Å². The van der Waals surface area contributed by atoms with Crippen molar-refractivity contribution in [1.29, 1.82) is 0 Å². The summed E-state index contributed by atoms with van der Waals surface area (Å²) >= 11 is 0. The second-order valence-electron chi connectivity index (χ2n) is 2.17. The van der Waals surface area contributed by atoms with Crippen LogP contribution in [0.4, 0.5) is 5.69 Å². The van der Waals surface area contributed by atoms with Crippen LogP contribution < -0.4 is 29.7 Å². The van der Waals surface area contributed by atoms with E-state index in [1.54, 1.807) is 0 Å². The summed E-state index contributed by atoms with van der Waals surface area (Å²) in [6.07, 6.45) is 0. The van der Waals surface area contributed by atoms with Gasteiger partial charge in [-0.05, 0) is 12.1 Å². The van der Waals surface area contributed by atoms with Crippen LogP contribution in [0.5, 0.6) is 5.75 Å². The van der Waals surface area contributed by atoms with Crippen LogP contribution >= 0.6 is 0 Å². The molecule has 0 saturated heterocycles. The summed E-state index contributed by atoms with van der Waals surface area (Å²) in [5.74, 6) is -0.403. The zero-order valence-electron chi connectivity index (χ0n) is 6.89. The van der Waals surface area contributed by atoms with Gasteiger partial charge in [0.25, 0.3) is 10.1 Å². The van der Waals surface area contributed by atoms with Crippen LogP contribution in [0.25, 0.3) is 0 Å². The zero-order chi connectivity index (χ0) is 9.35. The standard InChI is InChI=1S/C6H7NO4S.Li/c7-5-3-4(8)1-2-6(5)12(9,10)11;/h1-3,8H,7H2,(H,9,10,11);/q;+1/p-1. The van der Waals surface area contributed by atoms with Gasteiger partial charge in [-0.1, -0.05) is 6.07 Å². The van der Waals surface area contributed by atoms with Crippen molar-refractivity contribution in [2.75, 3.05) is 5.73 Å². The van der Waals surface area contributed by atoms with Gasteiger partial charge in [-0.3, -0.25) is 4.55 Å². The summed E-state index contributed by atoms with van der Waals surface area (Å²) < 4.78 is 29.6. The minimum Gasteiger partial charge on any atom is -0.872 e. The second-order valence-corrected chi connectivity index (χ2v) is 3.56. The molecule has 13 heavy (non-hydrogen) atoms. The van der Waals surface area contributed by atoms with Crippen LogP contribution in [0.3, 0.4) is 0 Å². The van der Waals surface area contributed by atoms with Crippen LogP contribution in [0.1, 0.15) is 0 Å². The number of hydrogen-bond acceptors (Lipinski definition) is 4. The molecule has 1 rings (SSSR count). The molecule has 0 aromatic heterocycles. The van der Waals surface area contributed by atoms with E-state index in [0.29, 0.717) is 0 Å². The van der Waals surface area contributed by atoms with Crippen LogP contribution in [0.15, 0.2) is 23.1 Å². The minimum atomic E-state index is -4.31. The van der Waals surface area contributed by atoms with Gasteiger partial charge in [-0.25, -0.2) is 0 Å². The Bertz CT molecular complexity index is 403. The molecule has 1 aromatic rings. The number of nitrogens with two attached hydrogens (primary N) is 1. The molecule has 5 nitrogen and oxygen atoms in total. The Hall–Kier alpha value is -0.673. The number of rotatable bonds is 1. The molecule has 0 spiro atoms. The largest absolute Gasteiger partial charge is 1.00 e. The van der Waals surface area contributed by atoms with Gasteiger partial charge in [-0.2, -0.15) is 8.42 Å². The Labute approximate surface area is 87.5 Å². The predicted octanol–water partition coefficient (Wildman–Crippen LogP) is -3.41. The van der Waals surface area contributed by atoms with E-state index in [1.165, 1.54) is 0 Å². The maximum absolute atomic E-state index is 10.6. The fourth-order valence-corrected chi connectivity index (χ4v) is 1.36. The van der Waals surface area contributed by atoms with Gasteiger partial charge in [0, 0.05) is 0 Å². The molecule has 0 radical (unpaired) electrons. The van der Waals surface area contributed by atoms with Gasteiger partial charge >= 0.3 is 18.9 Å². The van der Waals surface area contributed by atoms with Crippen molar-refractivity contribution in [3.05, 3.63) is 18.2 Å². The van der Waals surface area contributed by atoms with Crippen LogP contribution in [-0.2, 0) is 10.1 Å². The first-order valence-corrected chi connectivity index (χ1v) is 4.39. The molecule has 0 heterocycles. The third-order valence-electron chi connectivity index (χ3n) is 1.26. The fourth-order valence-electron chi connectivity index (χ4n) is 0.761. The van der Waals surface area contributed by atoms with Crippen molar-refractivity contribution in [3.8, 4) is 5.75 Å². The van der Waals surface area contributed by atoms with Gasteiger partial charge in [0.1, 0.15) is 4.90 Å². The smallest absolute Gasteiger partial charge is 0.872 e. The molecule has 66 valence electrons. The summed E-state index contributed by atoms with van der Waals surface area (Å²) in [6.45, 7) is 0. The third-order valence-corrected chi connectivity index (χ3v) is 2.19. The summed E-state index contributed by atoms with van der Waals surface area (Å²) in [5, 5.41) is 10.6. The molecule has 7 heteroatoms. The minimum absolute atomic E-state index is 0. The molecule has 0 atom stereocenters. The van der Waals surface area contributed by atoms with Crippen molar-refractivity contribution in [2.24, 2.45) is 0 Å². The van der Waals surface area contributed by atoms with E-state index in [0.717, 1.165) is 18.2 Å². The molecule has 1 aromatic carbocycles. The van der Waals surface area contributed by atoms with Crippen molar-refractivity contribution in [3.63, 3.8) is 0 Å². The molecule has 0 fully saturated rings. The number of anilines is 1. The van der Waals surface area contributed by atoms with Crippen molar-refractivity contribution in [1.82, 2.24) is 0 Å². The first-order valence-electron chi connectivity index (χ1n) is 2.95. The second kappa shape index (κ2) is 4.02. The molecule has 0 amide bonds. The van der Waals surface area contributed by atoms with E-state index in [4.69, 9.17) is 10.3 Å². The van der Waals surface area contributed by atoms with E-state index in [9.17, 15) is 13.5 Å². The number of nitrogen functional groups attached to an aromatic ring is 1. The summed E-state index contributed by atoms with van der Waals surface area (Å²) in [5.41, 5.74) is 4.92. The Morgan fingerprint density at radius 3 is 2.31 bits per heavy atom. The summed E-state index contributed by atoms with van der Waals surface area (Å²) in [7, 11) is -4.31. The van der Waals surface area contributed by atoms with Gasteiger partial charge in [-0.15, -0.1) is 5.75 Å². The van der Waals surface area contributed by atoms with Gasteiger partial charge in [0.05, 0.1) is 5.69 Å². The molecule has 0 aliphatic rings. The Morgan fingerprint density at radius 1 is 1.38 bits per heavy atom. The van der Waals surface area contributed by atoms with E-state index in [2.05, 4.69) is 0 Å². The van der Waals surface area contributed by atoms with E-state index in [-0.39, 0.29) is 24.5 Å². The summed E-state index contributed by atoms with van der Waals surface area (Å²) in [4.78, 5) is -0.442. The molecule has 0 bridgehead atoms. The van der Waals surface area contributed by atoms with Gasteiger partial charge in [0.2, 0.25) is 0 Å². The fraction of sp³-hybridized carbons (Fsp3) is 0. The number of benzene rings is 1. The van der Waals surface area contributed by atoms with Gasteiger partial charge in [0.15, 0.2) is 0 Å². The quantitative estimate of drug-likeness (QED) is 0.276. The zero-order valence-corrected chi connectivity index (χ0v) is 7.71. The van der Waals surface area contributed by atoms with E-state index in [1.807, 2.05) is 0 Å². The molecule has 0 saturated carbocycles. The topological polar surface area (TPSA) is 103 Å². The Kier molecular flexibility index (Phi) is 3.82. The molecular formula is C6H6LiNO4S. The first kappa shape index (κ1) is 12.3. The molecular weight excluding hydrogens is 189 g/mol. The third kappa shape index (κ3) is 2.93. The maximum atomic E-state index is 10.6.